The van der Waals surface area contributed by atoms with E-state index in [1.165, 1.54) is 5.56 Å². The fraction of sp³-hybridized carbons (Fsp3) is 0.300. The zero-order valence-corrected chi connectivity index (χ0v) is 14.1. The highest BCUT2D eigenvalue weighted by Gasteiger charge is 2.19. The maximum atomic E-state index is 8.87. The zero-order valence-electron chi connectivity index (χ0n) is 14.1. The third-order valence-corrected chi connectivity index (χ3v) is 4.78. The predicted molar refractivity (Wildman–Crippen MR) is 95.7 cm³/mol. The van der Waals surface area contributed by atoms with Crippen molar-refractivity contribution in [2.24, 2.45) is 0 Å². The molecule has 0 N–H and O–H groups in total. The first kappa shape index (κ1) is 15.8. The average molecular weight is 332 g/mol. The second-order valence-corrected chi connectivity index (χ2v) is 6.49. The number of nitriles is 1. The van der Waals surface area contributed by atoms with Gasteiger partial charge in [0.2, 0.25) is 0 Å². The van der Waals surface area contributed by atoms with E-state index in [1.807, 2.05) is 42.5 Å². The van der Waals surface area contributed by atoms with Crippen molar-refractivity contribution in [3.05, 3.63) is 65.4 Å². The van der Waals surface area contributed by atoms with E-state index in [2.05, 4.69) is 27.1 Å². The highest BCUT2D eigenvalue weighted by atomic mass is 16.5. The number of hydrogen-bond donors (Lipinski definition) is 0. The summed E-state index contributed by atoms with van der Waals surface area (Å²) in [6, 6.07) is 18.1. The summed E-state index contributed by atoms with van der Waals surface area (Å²) in [6.45, 7) is 5.90. The second kappa shape index (κ2) is 7.06. The lowest BCUT2D eigenvalue weighted by molar-refractivity contribution is 0.120. The van der Waals surface area contributed by atoms with Crippen LogP contribution in [-0.4, -0.2) is 41.1 Å². The van der Waals surface area contributed by atoms with Gasteiger partial charge in [-0.1, -0.05) is 29.4 Å². The Balaban J connectivity index is 1.33. The SMILES string of the molecule is N#Cc1ccc(CN2CCN(Cc3noc4ccccc34)CC2)cc1. The van der Waals surface area contributed by atoms with Crippen LogP contribution in [0, 0.1) is 11.3 Å². The van der Waals surface area contributed by atoms with Gasteiger partial charge in [0.15, 0.2) is 5.58 Å². The van der Waals surface area contributed by atoms with Crippen LogP contribution in [0.25, 0.3) is 11.0 Å². The maximum absolute atomic E-state index is 8.87. The Morgan fingerprint density at radius 1 is 0.920 bits per heavy atom. The summed E-state index contributed by atoms with van der Waals surface area (Å²) in [5.74, 6) is 0. The molecule has 1 aliphatic rings. The molecule has 2 aromatic carbocycles. The van der Waals surface area contributed by atoms with E-state index < -0.39 is 0 Å². The molecule has 0 aliphatic carbocycles. The minimum absolute atomic E-state index is 0.716. The standard InChI is InChI=1S/C20H20N4O/c21-13-16-5-7-17(8-6-16)14-23-9-11-24(12-10-23)15-19-18-3-1-2-4-20(18)25-22-19/h1-8H,9-12,14-15H2. The molecule has 4 rings (SSSR count). The van der Waals surface area contributed by atoms with Crippen molar-refractivity contribution in [2.75, 3.05) is 26.2 Å². The molecule has 0 unspecified atom stereocenters. The third-order valence-electron chi connectivity index (χ3n) is 4.78. The molecule has 0 spiro atoms. The van der Waals surface area contributed by atoms with Crippen molar-refractivity contribution in [2.45, 2.75) is 13.1 Å². The summed E-state index contributed by atoms with van der Waals surface area (Å²) in [6.07, 6.45) is 0. The van der Waals surface area contributed by atoms with E-state index in [1.54, 1.807) is 0 Å². The summed E-state index contributed by atoms with van der Waals surface area (Å²) in [5, 5.41) is 14.2. The van der Waals surface area contributed by atoms with Crippen molar-refractivity contribution in [1.82, 2.24) is 15.0 Å². The molecule has 1 aliphatic heterocycles. The first-order valence-corrected chi connectivity index (χ1v) is 8.59. The molecule has 2 heterocycles. The fourth-order valence-electron chi connectivity index (χ4n) is 3.31. The van der Waals surface area contributed by atoms with Gasteiger partial charge < -0.3 is 4.52 Å². The molecule has 0 saturated carbocycles. The van der Waals surface area contributed by atoms with Crippen molar-refractivity contribution >= 4 is 11.0 Å². The van der Waals surface area contributed by atoms with Crippen LogP contribution < -0.4 is 0 Å². The van der Waals surface area contributed by atoms with Gasteiger partial charge in [0.05, 0.1) is 11.6 Å². The normalized spacial score (nSPS) is 16.1. The molecule has 1 aromatic heterocycles. The number of nitrogens with zero attached hydrogens (tertiary/aromatic N) is 4. The van der Waals surface area contributed by atoms with Crippen LogP contribution >= 0.6 is 0 Å². The van der Waals surface area contributed by atoms with Crippen molar-refractivity contribution in [1.29, 1.82) is 5.26 Å². The molecule has 0 atom stereocenters. The van der Waals surface area contributed by atoms with Crippen LogP contribution in [0.3, 0.4) is 0 Å². The van der Waals surface area contributed by atoms with Gasteiger partial charge in [-0.15, -0.1) is 0 Å². The molecule has 0 amide bonds. The van der Waals surface area contributed by atoms with Gasteiger partial charge in [0.1, 0.15) is 5.69 Å². The summed E-state index contributed by atoms with van der Waals surface area (Å²) in [5.41, 5.74) is 3.86. The molecular weight excluding hydrogens is 312 g/mol. The molecule has 1 fully saturated rings. The minimum Gasteiger partial charge on any atom is -0.356 e. The second-order valence-electron chi connectivity index (χ2n) is 6.49. The van der Waals surface area contributed by atoms with E-state index in [0.29, 0.717) is 5.56 Å². The van der Waals surface area contributed by atoms with Crippen molar-refractivity contribution in [3.63, 3.8) is 0 Å². The number of piperazine rings is 1. The van der Waals surface area contributed by atoms with E-state index in [0.717, 1.165) is 55.9 Å². The first-order valence-electron chi connectivity index (χ1n) is 8.59. The molecular formula is C20H20N4O. The van der Waals surface area contributed by atoms with Crippen LogP contribution in [0.4, 0.5) is 0 Å². The topological polar surface area (TPSA) is 56.3 Å². The summed E-state index contributed by atoms with van der Waals surface area (Å²) < 4.78 is 5.40. The van der Waals surface area contributed by atoms with Crippen molar-refractivity contribution < 1.29 is 4.52 Å². The van der Waals surface area contributed by atoms with Gasteiger partial charge in [-0.25, -0.2) is 0 Å². The van der Waals surface area contributed by atoms with Gasteiger partial charge in [-0.2, -0.15) is 5.26 Å². The molecule has 5 heteroatoms. The largest absolute Gasteiger partial charge is 0.356 e. The van der Waals surface area contributed by atoms with E-state index >= 15 is 0 Å². The molecule has 0 radical (unpaired) electrons. The highest BCUT2D eigenvalue weighted by Crippen LogP contribution is 2.20. The minimum atomic E-state index is 0.716. The van der Waals surface area contributed by atoms with Crippen LogP contribution in [0.2, 0.25) is 0 Å². The van der Waals surface area contributed by atoms with Crippen LogP contribution in [-0.2, 0) is 13.1 Å². The Morgan fingerprint density at radius 3 is 2.32 bits per heavy atom. The average Bonchev–Trinajstić information content (AvgIpc) is 3.07. The molecule has 0 bridgehead atoms. The maximum Gasteiger partial charge on any atom is 0.167 e. The predicted octanol–water partition coefficient (Wildman–Crippen LogP) is 3.02. The van der Waals surface area contributed by atoms with Gasteiger partial charge >= 0.3 is 0 Å². The Hall–Kier alpha value is -2.68. The summed E-state index contributed by atoms with van der Waals surface area (Å²) in [4.78, 5) is 4.89. The molecule has 25 heavy (non-hydrogen) atoms. The van der Waals surface area contributed by atoms with Gasteiger partial charge in [0.25, 0.3) is 0 Å². The number of fused-ring (bicyclic) bond motifs is 1. The lowest BCUT2D eigenvalue weighted by Crippen LogP contribution is -2.45. The number of benzene rings is 2. The summed E-state index contributed by atoms with van der Waals surface area (Å²) >= 11 is 0. The Bertz CT molecular complexity index is 886. The number of rotatable bonds is 4. The van der Waals surface area contributed by atoms with E-state index in [4.69, 9.17) is 9.78 Å². The van der Waals surface area contributed by atoms with Gasteiger partial charge in [-0.3, -0.25) is 9.80 Å². The first-order chi connectivity index (χ1) is 12.3. The lowest BCUT2D eigenvalue weighted by atomic mass is 10.1. The Morgan fingerprint density at radius 2 is 1.60 bits per heavy atom. The van der Waals surface area contributed by atoms with Gasteiger partial charge in [0, 0.05) is 44.7 Å². The van der Waals surface area contributed by atoms with Crippen LogP contribution in [0.5, 0.6) is 0 Å². The number of hydrogen-bond acceptors (Lipinski definition) is 5. The zero-order chi connectivity index (χ0) is 17.1. The lowest BCUT2D eigenvalue weighted by Gasteiger charge is -2.34. The third kappa shape index (κ3) is 3.55. The Kier molecular flexibility index (Phi) is 4.47. The van der Waals surface area contributed by atoms with Crippen LogP contribution in [0.15, 0.2) is 53.1 Å². The summed E-state index contributed by atoms with van der Waals surface area (Å²) in [7, 11) is 0. The quantitative estimate of drug-likeness (QED) is 0.735. The molecule has 126 valence electrons. The molecule has 5 nitrogen and oxygen atoms in total. The van der Waals surface area contributed by atoms with Crippen LogP contribution in [0.1, 0.15) is 16.8 Å². The fourth-order valence-corrected chi connectivity index (χ4v) is 3.31. The monoisotopic (exact) mass is 332 g/mol. The molecule has 1 saturated heterocycles. The smallest absolute Gasteiger partial charge is 0.167 e. The van der Waals surface area contributed by atoms with E-state index in [9.17, 15) is 0 Å². The van der Waals surface area contributed by atoms with Crippen molar-refractivity contribution in [3.8, 4) is 6.07 Å². The Labute approximate surface area is 147 Å². The van der Waals surface area contributed by atoms with E-state index in [-0.39, 0.29) is 0 Å². The number of aromatic nitrogens is 1. The highest BCUT2D eigenvalue weighted by molar-refractivity contribution is 5.79. The van der Waals surface area contributed by atoms with Gasteiger partial charge in [-0.05, 0) is 29.8 Å². The molecule has 3 aromatic rings. The number of para-hydroxylation sites is 1.